The molecule has 1 aromatic carbocycles. The second-order valence-electron chi connectivity index (χ2n) is 4.44. The molecular formula is C13H14FN3O4. The third kappa shape index (κ3) is 3.53. The van der Waals surface area contributed by atoms with E-state index in [1.165, 1.54) is 6.07 Å². The number of nitro benzene ring substituents is 1. The maximum absolute atomic E-state index is 12.0. The monoisotopic (exact) mass is 295 g/mol. The van der Waals surface area contributed by atoms with Crippen molar-refractivity contribution in [2.24, 2.45) is 5.16 Å². The summed E-state index contributed by atoms with van der Waals surface area (Å²) >= 11 is 0. The fourth-order valence-electron chi connectivity index (χ4n) is 1.95. The van der Waals surface area contributed by atoms with E-state index in [0.717, 1.165) is 0 Å². The summed E-state index contributed by atoms with van der Waals surface area (Å²) in [4.78, 5) is 27.2. The second-order valence-corrected chi connectivity index (χ2v) is 4.44. The summed E-state index contributed by atoms with van der Waals surface area (Å²) in [5, 5.41) is 17.2. The van der Waals surface area contributed by atoms with Crippen LogP contribution in [0.2, 0.25) is 0 Å². The minimum absolute atomic E-state index is 0.0849. The van der Waals surface area contributed by atoms with E-state index in [-0.39, 0.29) is 25.1 Å². The van der Waals surface area contributed by atoms with Gasteiger partial charge in [0.05, 0.1) is 22.9 Å². The molecule has 112 valence electrons. The normalized spacial score (nSPS) is 17.0. The SMILES string of the molecule is O=C(NCCCF)[C@@H]1CC(c2ccccc2[N+](=O)[O-])=NO1. The lowest BCUT2D eigenvalue weighted by molar-refractivity contribution is -0.385. The van der Waals surface area contributed by atoms with Gasteiger partial charge < -0.3 is 10.2 Å². The van der Waals surface area contributed by atoms with Gasteiger partial charge in [0.2, 0.25) is 6.10 Å². The molecule has 0 bridgehead atoms. The van der Waals surface area contributed by atoms with Gasteiger partial charge >= 0.3 is 0 Å². The number of halogens is 1. The van der Waals surface area contributed by atoms with E-state index in [1.807, 2.05) is 0 Å². The number of oxime groups is 1. The predicted molar refractivity (Wildman–Crippen MR) is 72.7 cm³/mol. The van der Waals surface area contributed by atoms with E-state index in [9.17, 15) is 19.3 Å². The van der Waals surface area contributed by atoms with Crippen LogP contribution in [0.25, 0.3) is 0 Å². The number of benzene rings is 1. The van der Waals surface area contributed by atoms with Gasteiger partial charge in [-0.1, -0.05) is 17.3 Å². The Morgan fingerprint density at radius 1 is 1.52 bits per heavy atom. The molecule has 2 rings (SSSR count). The Morgan fingerprint density at radius 2 is 2.29 bits per heavy atom. The molecule has 0 unspecified atom stereocenters. The van der Waals surface area contributed by atoms with Gasteiger partial charge in [-0.15, -0.1) is 0 Å². The first-order chi connectivity index (χ1) is 10.1. The number of hydrogen-bond donors (Lipinski definition) is 1. The number of nitro groups is 1. The third-order valence-corrected chi connectivity index (χ3v) is 2.98. The van der Waals surface area contributed by atoms with Gasteiger partial charge in [0.25, 0.3) is 11.6 Å². The Balaban J connectivity index is 2.02. The number of hydrogen-bond acceptors (Lipinski definition) is 5. The lowest BCUT2D eigenvalue weighted by Crippen LogP contribution is -2.35. The summed E-state index contributed by atoms with van der Waals surface area (Å²) in [5.41, 5.74) is 0.604. The highest BCUT2D eigenvalue weighted by Crippen LogP contribution is 2.24. The van der Waals surface area contributed by atoms with Crippen LogP contribution in [0.5, 0.6) is 0 Å². The zero-order valence-electron chi connectivity index (χ0n) is 11.1. The molecule has 1 heterocycles. The van der Waals surface area contributed by atoms with Crippen LogP contribution in [0.15, 0.2) is 29.4 Å². The first kappa shape index (κ1) is 14.9. The van der Waals surface area contributed by atoms with Gasteiger partial charge in [0.15, 0.2) is 0 Å². The van der Waals surface area contributed by atoms with Gasteiger partial charge in [-0.3, -0.25) is 19.3 Å². The van der Waals surface area contributed by atoms with Gasteiger partial charge in [-0.25, -0.2) is 0 Å². The lowest BCUT2D eigenvalue weighted by Gasteiger charge is -2.08. The van der Waals surface area contributed by atoms with Crippen molar-refractivity contribution in [3.63, 3.8) is 0 Å². The van der Waals surface area contributed by atoms with Crippen molar-refractivity contribution >= 4 is 17.3 Å². The molecule has 0 spiro atoms. The Bertz CT molecular complexity index is 576. The fraction of sp³-hybridized carbons (Fsp3) is 0.385. The summed E-state index contributed by atoms with van der Waals surface area (Å²) in [6.07, 6.45) is -0.456. The first-order valence-electron chi connectivity index (χ1n) is 6.43. The maximum atomic E-state index is 12.0. The molecule has 1 amide bonds. The minimum Gasteiger partial charge on any atom is -0.382 e. The molecule has 0 aromatic heterocycles. The smallest absolute Gasteiger partial charge is 0.278 e. The summed E-state index contributed by atoms with van der Waals surface area (Å²) < 4.78 is 12.0. The minimum atomic E-state index is -0.834. The van der Waals surface area contributed by atoms with Crippen molar-refractivity contribution in [3.8, 4) is 0 Å². The molecule has 7 nitrogen and oxygen atoms in total. The Labute approximate surface area is 119 Å². The average molecular weight is 295 g/mol. The summed E-state index contributed by atoms with van der Waals surface area (Å²) in [6, 6.07) is 6.13. The molecule has 21 heavy (non-hydrogen) atoms. The number of rotatable bonds is 6. The number of nitrogens with one attached hydrogen (secondary N) is 1. The molecule has 1 aliphatic heterocycles. The van der Waals surface area contributed by atoms with Crippen LogP contribution in [0.3, 0.4) is 0 Å². The van der Waals surface area contributed by atoms with Crippen LogP contribution < -0.4 is 5.32 Å². The van der Waals surface area contributed by atoms with Crippen LogP contribution in [-0.4, -0.2) is 35.9 Å². The van der Waals surface area contributed by atoms with Crippen LogP contribution in [0.4, 0.5) is 10.1 Å². The molecule has 0 saturated heterocycles. The molecular weight excluding hydrogens is 281 g/mol. The Hall–Kier alpha value is -2.51. The van der Waals surface area contributed by atoms with E-state index in [1.54, 1.807) is 18.2 Å². The fourth-order valence-corrected chi connectivity index (χ4v) is 1.95. The van der Waals surface area contributed by atoms with Crippen molar-refractivity contribution in [1.29, 1.82) is 0 Å². The molecule has 0 fully saturated rings. The van der Waals surface area contributed by atoms with Gasteiger partial charge in [0, 0.05) is 19.0 Å². The number of amides is 1. The Kier molecular flexibility index (Phi) is 4.81. The molecule has 1 atom stereocenters. The van der Waals surface area contributed by atoms with E-state index < -0.39 is 23.6 Å². The predicted octanol–water partition coefficient (Wildman–Crippen LogP) is 1.56. The summed E-state index contributed by atoms with van der Waals surface area (Å²) in [7, 11) is 0. The molecule has 8 heteroatoms. The van der Waals surface area contributed by atoms with Crippen LogP contribution in [0.1, 0.15) is 18.4 Å². The molecule has 1 aliphatic rings. The van der Waals surface area contributed by atoms with Gasteiger partial charge in [0.1, 0.15) is 0 Å². The van der Waals surface area contributed by atoms with Crippen molar-refractivity contribution in [1.82, 2.24) is 5.32 Å². The largest absolute Gasteiger partial charge is 0.382 e. The summed E-state index contributed by atoms with van der Waals surface area (Å²) in [5.74, 6) is -0.402. The number of carbonyl (C=O) groups excluding carboxylic acids is 1. The third-order valence-electron chi connectivity index (χ3n) is 2.98. The maximum Gasteiger partial charge on any atom is 0.278 e. The molecule has 1 aromatic rings. The first-order valence-corrected chi connectivity index (χ1v) is 6.43. The number of alkyl halides is 1. The number of nitrogens with zero attached hydrogens (tertiary/aromatic N) is 2. The zero-order chi connectivity index (χ0) is 15.2. The van der Waals surface area contributed by atoms with Crippen molar-refractivity contribution < 1.29 is 18.9 Å². The summed E-state index contributed by atoms with van der Waals surface area (Å²) in [6.45, 7) is -0.292. The van der Waals surface area contributed by atoms with Crippen LogP contribution in [-0.2, 0) is 9.63 Å². The van der Waals surface area contributed by atoms with Crippen molar-refractivity contribution in [3.05, 3.63) is 39.9 Å². The van der Waals surface area contributed by atoms with Crippen molar-refractivity contribution in [2.75, 3.05) is 13.2 Å². The molecule has 0 radical (unpaired) electrons. The standard InChI is InChI=1S/C13H14FN3O4/c14-6-3-7-15-13(18)12-8-10(16-21-12)9-4-1-2-5-11(9)17(19)20/h1-2,4-5,12H,3,6-8H2,(H,15,18)/t12-/m0/s1. The Morgan fingerprint density at radius 3 is 3.00 bits per heavy atom. The van der Waals surface area contributed by atoms with E-state index in [0.29, 0.717) is 11.3 Å². The molecule has 1 N–H and O–H groups in total. The average Bonchev–Trinajstić information content (AvgIpc) is 2.97. The van der Waals surface area contributed by atoms with Gasteiger partial charge in [-0.2, -0.15) is 0 Å². The molecule has 0 saturated carbocycles. The van der Waals surface area contributed by atoms with E-state index >= 15 is 0 Å². The second kappa shape index (κ2) is 6.78. The highest BCUT2D eigenvalue weighted by atomic mass is 19.1. The van der Waals surface area contributed by atoms with Gasteiger partial charge in [-0.05, 0) is 12.5 Å². The van der Waals surface area contributed by atoms with Crippen LogP contribution in [0, 0.1) is 10.1 Å². The molecule has 0 aliphatic carbocycles. The van der Waals surface area contributed by atoms with Crippen molar-refractivity contribution in [2.45, 2.75) is 18.9 Å². The number of carbonyl (C=O) groups is 1. The van der Waals surface area contributed by atoms with E-state index in [4.69, 9.17) is 4.84 Å². The highest BCUT2D eigenvalue weighted by molar-refractivity contribution is 6.06. The van der Waals surface area contributed by atoms with Crippen LogP contribution >= 0.6 is 0 Å². The zero-order valence-corrected chi connectivity index (χ0v) is 11.1. The van der Waals surface area contributed by atoms with E-state index in [2.05, 4.69) is 10.5 Å². The lowest BCUT2D eigenvalue weighted by atomic mass is 10.0. The quantitative estimate of drug-likeness (QED) is 0.489. The number of para-hydroxylation sites is 1. The topological polar surface area (TPSA) is 93.8 Å². The highest BCUT2D eigenvalue weighted by Gasteiger charge is 2.31.